The van der Waals surface area contributed by atoms with Gasteiger partial charge in [0.2, 0.25) is 0 Å². The summed E-state index contributed by atoms with van der Waals surface area (Å²) in [7, 11) is 3.81. The Morgan fingerprint density at radius 2 is 2.05 bits per heavy atom. The lowest BCUT2D eigenvalue weighted by atomic mass is 9.83. The quantitative estimate of drug-likeness (QED) is 0.883. The van der Waals surface area contributed by atoms with E-state index in [9.17, 15) is 9.90 Å². The van der Waals surface area contributed by atoms with Gasteiger partial charge in [-0.25, -0.2) is 4.98 Å². The highest BCUT2D eigenvalue weighted by atomic mass is 16.3. The van der Waals surface area contributed by atoms with Crippen LogP contribution in [0.4, 0.5) is 5.82 Å². The second kappa shape index (κ2) is 4.81. The van der Waals surface area contributed by atoms with E-state index < -0.39 is 5.60 Å². The Kier molecular flexibility index (Phi) is 3.49. The van der Waals surface area contributed by atoms with Gasteiger partial charge in [0.05, 0.1) is 18.7 Å². The largest absolute Gasteiger partial charge is 0.386 e. The maximum Gasteiger partial charge on any atom is 0.255 e. The monoisotopic (exact) mass is 263 g/mol. The first-order valence-corrected chi connectivity index (χ1v) is 6.48. The molecule has 1 aliphatic heterocycles. The van der Waals surface area contributed by atoms with Gasteiger partial charge in [0.25, 0.3) is 5.91 Å². The van der Waals surface area contributed by atoms with Crippen LogP contribution in [0.1, 0.15) is 24.2 Å². The van der Waals surface area contributed by atoms with Gasteiger partial charge in [-0.05, 0) is 18.1 Å². The van der Waals surface area contributed by atoms with Crippen LogP contribution >= 0.6 is 0 Å². The lowest BCUT2D eigenvalue weighted by Crippen LogP contribution is -2.65. The molecule has 1 amide bonds. The molecule has 0 aromatic carbocycles. The van der Waals surface area contributed by atoms with E-state index in [2.05, 4.69) is 4.98 Å². The number of anilines is 1. The SMILES string of the molecule is CC(C)C1(O)CN(C(=O)c2ccc(N(C)C)nc2)C1. The number of carbonyl (C=O) groups excluding carboxylic acids is 1. The number of hydrogen-bond acceptors (Lipinski definition) is 4. The first-order chi connectivity index (χ1) is 8.83. The predicted molar refractivity (Wildman–Crippen MR) is 74.3 cm³/mol. The lowest BCUT2D eigenvalue weighted by molar-refractivity contribution is -0.110. The van der Waals surface area contributed by atoms with Crippen molar-refractivity contribution in [3.05, 3.63) is 23.9 Å². The van der Waals surface area contributed by atoms with E-state index in [1.165, 1.54) is 0 Å². The zero-order chi connectivity index (χ0) is 14.2. The molecule has 0 spiro atoms. The molecule has 0 aliphatic carbocycles. The van der Waals surface area contributed by atoms with Crippen molar-refractivity contribution in [2.24, 2.45) is 5.92 Å². The summed E-state index contributed by atoms with van der Waals surface area (Å²) in [5.41, 5.74) is -0.163. The molecule has 2 heterocycles. The van der Waals surface area contributed by atoms with Crippen LogP contribution in [0.2, 0.25) is 0 Å². The number of pyridine rings is 1. The zero-order valence-corrected chi connectivity index (χ0v) is 11.9. The molecule has 2 rings (SSSR count). The number of aliphatic hydroxyl groups is 1. The van der Waals surface area contributed by atoms with Crippen molar-refractivity contribution in [3.63, 3.8) is 0 Å². The molecule has 1 aliphatic rings. The van der Waals surface area contributed by atoms with Gasteiger partial charge in [-0.15, -0.1) is 0 Å². The number of amides is 1. The molecule has 1 N–H and O–H groups in total. The van der Waals surface area contributed by atoms with Gasteiger partial charge in [0.1, 0.15) is 11.4 Å². The zero-order valence-electron chi connectivity index (χ0n) is 11.9. The summed E-state index contributed by atoms with van der Waals surface area (Å²) in [5.74, 6) is 0.910. The molecule has 104 valence electrons. The van der Waals surface area contributed by atoms with Crippen molar-refractivity contribution in [2.45, 2.75) is 19.4 Å². The Balaban J connectivity index is 2.02. The van der Waals surface area contributed by atoms with E-state index >= 15 is 0 Å². The number of carbonyl (C=O) groups is 1. The van der Waals surface area contributed by atoms with Crippen LogP contribution in [0.3, 0.4) is 0 Å². The molecule has 1 aromatic heterocycles. The molecule has 0 radical (unpaired) electrons. The normalized spacial score (nSPS) is 17.3. The molecule has 0 unspecified atom stereocenters. The van der Waals surface area contributed by atoms with E-state index in [1.807, 2.05) is 38.9 Å². The van der Waals surface area contributed by atoms with Gasteiger partial charge < -0.3 is 14.9 Å². The van der Waals surface area contributed by atoms with Crippen LogP contribution < -0.4 is 4.90 Å². The van der Waals surface area contributed by atoms with Crippen LogP contribution in [-0.4, -0.2) is 53.7 Å². The highest BCUT2D eigenvalue weighted by Gasteiger charge is 2.45. The average molecular weight is 263 g/mol. The molecular weight excluding hydrogens is 242 g/mol. The fourth-order valence-corrected chi connectivity index (χ4v) is 2.08. The van der Waals surface area contributed by atoms with Crippen molar-refractivity contribution in [2.75, 3.05) is 32.1 Å². The summed E-state index contributed by atoms with van der Waals surface area (Å²) in [6.07, 6.45) is 1.59. The molecule has 1 aromatic rings. The Hall–Kier alpha value is -1.62. The number of β-amino-alcohol motifs (C(OH)–C–C–N with tert-alkyl or cyclic N) is 1. The van der Waals surface area contributed by atoms with E-state index in [0.29, 0.717) is 18.7 Å². The fourth-order valence-electron chi connectivity index (χ4n) is 2.08. The van der Waals surface area contributed by atoms with E-state index in [-0.39, 0.29) is 11.8 Å². The summed E-state index contributed by atoms with van der Waals surface area (Å²) in [6.45, 7) is 4.74. The smallest absolute Gasteiger partial charge is 0.255 e. The molecule has 0 bridgehead atoms. The van der Waals surface area contributed by atoms with Crippen LogP contribution in [-0.2, 0) is 0 Å². The highest BCUT2D eigenvalue weighted by molar-refractivity contribution is 5.94. The minimum absolute atomic E-state index is 0.0665. The molecule has 0 saturated carbocycles. The number of aromatic nitrogens is 1. The molecule has 5 nitrogen and oxygen atoms in total. The second-order valence-electron chi connectivity index (χ2n) is 5.72. The maximum atomic E-state index is 12.2. The number of rotatable bonds is 3. The van der Waals surface area contributed by atoms with Crippen molar-refractivity contribution in [3.8, 4) is 0 Å². The van der Waals surface area contributed by atoms with E-state index in [1.54, 1.807) is 17.2 Å². The van der Waals surface area contributed by atoms with Crippen LogP contribution in [0, 0.1) is 5.92 Å². The average Bonchev–Trinajstić information content (AvgIpc) is 2.34. The summed E-state index contributed by atoms with van der Waals surface area (Å²) < 4.78 is 0. The summed E-state index contributed by atoms with van der Waals surface area (Å²) in [4.78, 5) is 20.0. The van der Waals surface area contributed by atoms with Crippen molar-refractivity contribution in [1.82, 2.24) is 9.88 Å². The first kappa shape index (κ1) is 13.8. The number of likely N-dealkylation sites (tertiary alicyclic amines) is 1. The molecule has 1 fully saturated rings. The molecule has 19 heavy (non-hydrogen) atoms. The van der Waals surface area contributed by atoms with Gasteiger partial charge >= 0.3 is 0 Å². The van der Waals surface area contributed by atoms with Gasteiger partial charge in [0, 0.05) is 20.3 Å². The van der Waals surface area contributed by atoms with Gasteiger partial charge in [-0.3, -0.25) is 4.79 Å². The minimum Gasteiger partial charge on any atom is -0.386 e. The molecule has 0 atom stereocenters. The molecule has 1 saturated heterocycles. The lowest BCUT2D eigenvalue weighted by Gasteiger charge is -2.49. The van der Waals surface area contributed by atoms with Crippen molar-refractivity contribution in [1.29, 1.82) is 0 Å². The standard InChI is InChI=1S/C14H21N3O2/c1-10(2)14(19)8-17(9-14)13(18)11-5-6-12(15-7-11)16(3)4/h5-7,10,19H,8-9H2,1-4H3. The minimum atomic E-state index is -0.729. The third kappa shape index (κ3) is 2.56. The number of nitrogens with zero attached hydrogens (tertiary/aromatic N) is 3. The summed E-state index contributed by atoms with van der Waals surface area (Å²) in [6, 6.07) is 3.60. The third-order valence-electron chi connectivity index (χ3n) is 3.74. The summed E-state index contributed by atoms with van der Waals surface area (Å²) >= 11 is 0. The molecule has 5 heteroatoms. The molecular formula is C14H21N3O2. The predicted octanol–water partition coefficient (Wildman–Crippen LogP) is 0.991. The van der Waals surface area contributed by atoms with Crippen molar-refractivity contribution < 1.29 is 9.90 Å². The van der Waals surface area contributed by atoms with Crippen LogP contribution in [0.15, 0.2) is 18.3 Å². The van der Waals surface area contributed by atoms with E-state index in [0.717, 1.165) is 5.82 Å². The fraction of sp³-hybridized carbons (Fsp3) is 0.571. The maximum absolute atomic E-state index is 12.2. The summed E-state index contributed by atoms with van der Waals surface area (Å²) in [5, 5.41) is 10.2. The van der Waals surface area contributed by atoms with E-state index in [4.69, 9.17) is 0 Å². The highest BCUT2D eigenvalue weighted by Crippen LogP contribution is 2.29. The third-order valence-corrected chi connectivity index (χ3v) is 3.74. The second-order valence-corrected chi connectivity index (χ2v) is 5.72. The van der Waals surface area contributed by atoms with Crippen LogP contribution in [0.25, 0.3) is 0 Å². The van der Waals surface area contributed by atoms with Gasteiger partial charge in [-0.1, -0.05) is 13.8 Å². The van der Waals surface area contributed by atoms with Crippen molar-refractivity contribution >= 4 is 11.7 Å². The number of hydrogen-bond donors (Lipinski definition) is 1. The Morgan fingerprint density at radius 3 is 2.47 bits per heavy atom. The van der Waals surface area contributed by atoms with Gasteiger partial charge in [-0.2, -0.15) is 0 Å². The Bertz CT molecular complexity index is 462. The first-order valence-electron chi connectivity index (χ1n) is 6.48. The topological polar surface area (TPSA) is 56.7 Å². The van der Waals surface area contributed by atoms with Crippen LogP contribution in [0.5, 0.6) is 0 Å². The Labute approximate surface area is 113 Å². The Morgan fingerprint density at radius 1 is 1.42 bits per heavy atom. The van der Waals surface area contributed by atoms with Gasteiger partial charge in [0.15, 0.2) is 0 Å².